The highest BCUT2D eigenvalue weighted by Crippen LogP contribution is 2.27. The molecule has 2 atom stereocenters. The molecule has 0 spiro atoms. The van der Waals surface area contributed by atoms with E-state index in [4.69, 9.17) is 11.0 Å². The maximum Gasteiger partial charge on any atom is 0.243 e. The molecule has 10 heteroatoms. The average molecular weight is 429 g/mol. The maximum absolute atomic E-state index is 12.8. The summed E-state index contributed by atoms with van der Waals surface area (Å²) in [6.07, 6.45) is 0.547. The summed E-state index contributed by atoms with van der Waals surface area (Å²) >= 11 is 3.24. The predicted octanol–water partition coefficient (Wildman–Crippen LogP) is 0.486. The van der Waals surface area contributed by atoms with E-state index in [1.807, 2.05) is 0 Å². The van der Waals surface area contributed by atoms with Crippen molar-refractivity contribution in [2.24, 2.45) is 5.73 Å². The van der Waals surface area contributed by atoms with Crippen LogP contribution in [-0.4, -0.2) is 43.2 Å². The number of nitrogens with one attached hydrogen (secondary N) is 1. The Kier molecular flexibility index (Phi) is 6.16. The van der Waals surface area contributed by atoms with Crippen LogP contribution in [-0.2, 0) is 19.6 Å². The molecule has 8 nitrogen and oxygen atoms in total. The zero-order chi connectivity index (χ0) is 18.6. The Morgan fingerprint density at radius 2 is 2.04 bits per heavy atom. The van der Waals surface area contributed by atoms with Gasteiger partial charge in [0.15, 0.2) is 0 Å². The molecule has 1 heterocycles. The molecule has 2 amide bonds. The van der Waals surface area contributed by atoms with Crippen molar-refractivity contribution in [3.05, 3.63) is 28.7 Å². The molecular weight excluding hydrogens is 412 g/mol. The Hall–Kier alpha value is -1.96. The molecular formula is C15H17BrN4O4S. The lowest BCUT2D eigenvalue weighted by Gasteiger charge is -2.24. The third-order valence-corrected chi connectivity index (χ3v) is 6.26. The van der Waals surface area contributed by atoms with Gasteiger partial charge in [0.05, 0.1) is 17.4 Å². The van der Waals surface area contributed by atoms with Gasteiger partial charge < -0.3 is 11.1 Å². The number of nitrogens with zero attached hydrogens (tertiary/aromatic N) is 2. The van der Waals surface area contributed by atoms with Crippen LogP contribution in [0.2, 0.25) is 0 Å². The van der Waals surface area contributed by atoms with E-state index in [1.54, 1.807) is 18.2 Å². The number of primary amides is 1. The van der Waals surface area contributed by atoms with Crippen molar-refractivity contribution in [3.63, 3.8) is 0 Å². The van der Waals surface area contributed by atoms with Crippen LogP contribution in [0.5, 0.6) is 0 Å². The Balaban J connectivity index is 2.19. The van der Waals surface area contributed by atoms with Gasteiger partial charge in [-0.2, -0.15) is 9.57 Å². The van der Waals surface area contributed by atoms with Crippen molar-refractivity contribution in [2.45, 2.75) is 36.2 Å². The number of rotatable bonds is 6. The van der Waals surface area contributed by atoms with Crippen LogP contribution in [0.15, 0.2) is 33.6 Å². The summed E-state index contributed by atoms with van der Waals surface area (Å²) < 4.78 is 27.4. The quantitative estimate of drug-likeness (QED) is 0.679. The number of amides is 2. The zero-order valence-corrected chi connectivity index (χ0v) is 15.6. The number of hydrogen-bond acceptors (Lipinski definition) is 5. The molecule has 0 saturated carbocycles. The van der Waals surface area contributed by atoms with E-state index in [-0.39, 0.29) is 17.9 Å². The van der Waals surface area contributed by atoms with Gasteiger partial charge in [0.25, 0.3) is 0 Å². The van der Waals surface area contributed by atoms with Crippen molar-refractivity contribution in [1.82, 2.24) is 9.62 Å². The number of halogens is 1. The number of nitriles is 1. The fourth-order valence-corrected chi connectivity index (χ4v) is 4.55. The van der Waals surface area contributed by atoms with Gasteiger partial charge in [-0.15, -0.1) is 0 Å². The van der Waals surface area contributed by atoms with Crippen LogP contribution in [0.3, 0.4) is 0 Å². The monoisotopic (exact) mass is 428 g/mol. The van der Waals surface area contributed by atoms with Crippen molar-refractivity contribution >= 4 is 37.8 Å². The first kappa shape index (κ1) is 19.4. The molecule has 1 aromatic rings. The lowest BCUT2D eigenvalue weighted by molar-refractivity contribution is -0.125. The van der Waals surface area contributed by atoms with Crippen LogP contribution in [0.1, 0.15) is 19.3 Å². The van der Waals surface area contributed by atoms with Gasteiger partial charge >= 0.3 is 0 Å². The fourth-order valence-electron chi connectivity index (χ4n) is 2.63. The minimum Gasteiger partial charge on any atom is -0.370 e. The lowest BCUT2D eigenvalue weighted by Crippen LogP contribution is -2.49. The minimum atomic E-state index is -3.84. The maximum atomic E-state index is 12.8. The molecule has 3 N–H and O–H groups in total. The molecule has 0 bridgehead atoms. The number of nitrogens with two attached hydrogens (primary N) is 1. The molecule has 0 aliphatic carbocycles. The lowest BCUT2D eigenvalue weighted by atomic mass is 10.1. The first-order valence-electron chi connectivity index (χ1n) is 7.51. The van der Waals surface area contributed by atoms with E-state index in [0.29, 0.717) is 12.8 Å². The Labute approximate surface area is 154 Å². The summed E-state index contributed by atoms with van der Waals surface area (Å²) in [7, 11) is -3.84. The van der Waals surface area contributed by atoms with Gasteiger partial charge in [-0.05, 0) is 37.1 Å². The number of carbonyl (C=O) groups excluding carboxylic acids is 2. The molecule has 1 fully saturated rings. The van der Waals surface area contributed by atoms with Gasteiger partial charge in [0.2, 0.25) is 21.8 Å². The average Bonchev–Trinajstić information content (AvgIpc) is 3.04. The Morgan fingerprint density at radius 3 is 2.60 bits per heavy atom. The summed E-state index contributed by atoms with van der Waals surface area (Å²) in [6, 6.07) is 5.90. The summed E-state index contributed by atoms with van der Waals surface area (Å²) in [5.74, 6) is -1.33. The van der Waals surface area contributed by atoms with Crippen LogP contribution < -0.4 is 11.1 Å². The van der Waals surface area contributed by atoms with Gasteiger partial charge in [0.1, 0.15) is 12.1 Å². The summed E-state index contributed by atoms with van der Waals surface area (Å²) in [5.41, 5.74) is 5.03. The Bertz CT molecular complexity index is 804. The van der Waals surface area contributed by atoms with E-state index in [2.05, 4.69) is 21.2 Å². The zero-order valence-electron chi connectivity index (χ0n) is 13.2. The molecule has 25 heavy (non-hydrogen) atoms. The van der Waals surface area contributed by atoms with E-state index >= 15 is 0 Å². The highest BCUT2D eigenvalue weighted by atomic mass is 79.9. The second-order valence-electron chi connectivity index (χ2n) is 5.59. The highest BCUT2D eigenvalue weighted by molar-refractivity contribution is 9.10. The van der Waals surface area contributed by atoms with Crippen molar-refractivity contribution in [1.29, 1.82) is 5.26 Å². The van der Waals surface area contributed by atoms with E-state index in [0.717, 1.165) is 8.78 Å². The van der Waals surface area contributed by atoms with Crippen LogP contribution in [0, 0.1) is 11.3 Å². The molecule has 1 aliphatic heterocycles. The van der Waals surface area contributed by atoms with Crippen LogP contribution in [0.25, 0.3) is 0 Å². The molecule has 0 unspecified atom stereocenters. The Morgan fingerprint density at radius 1 is 1.40 bits per heavy atom. The van der Waals surface area contributed by atoms with E-state index in [1.165, 1.54) is 12.1 Å². The standard InChI is InChI=1S/C15H17BrN4O4S/c16-10-3-5-12(6-4-10)25(23,24)20-7-1-2-13(20)15(22)19-11(9-17)8-14(18)21/h3-6,11,13H,1-2,7-8H2,(H2,18,21)(H,19,22)/t11-,13-/m0/s1. The second-order valence-corrected chi connectivity index (χ2v) is 8.39. The summed E-state index contributed by atoms with van der Waals surface area (Å²) in [6.45, 7) is 0.212. The van der Waals surface area contributed by atoms with Gasteiger partial charge in [-0.1, -0.05) is 15.9 Å². The third-order valence-electron chi connectivity index (χ3n) is 3.80. The van der Waals surface area contributed by atoms with E-state index < -0.39 is 33.9 Å². The fraction of sp³-hybridized carbons (Fsp3) is 0.400. The minimum absolute atomic E-state index is 0.0874. The van der Waals surface area contributed by atoms with Crippen LogP contribution >= 0.6 is 15.9 Å². The molecule has 134 valence electrons. The normalized spacial score (nSPS) is 19.1. The molecule has 0 radical (unpaired) electrons. The number of carbonyl (C=O) groups is 2. The number of hydrogen-bond donors (Lipinski definition) is 2. The second kappa shape index (κ2) is 7.95. The predicted molar refractivity (Wildman–Crippen MR) is 92.4 cm³/mol. The van der Waals surface area contributed by atoms with Crippen molar-refractivity contribution in [2.75, 3.05) is 6.54 Å². The first-order chi connectivity index (χ1) is 11.8. The van der Waals surface area contributed by atoms with Gasteiger partial charge in [-0.3, -0.25) is 9.59 Å². The van der Waals surface area contributed by atoms with Gasteiger partial charge in [0, 0.05) is 11.0 Å². The molecule has 2 rings (SSSR count). The summed E-state index contributed by atoms with van der Waals surface area (Å²) in [5, 5.41) is 11.4. The molecule has 0 aromatic heterocycles. The molecule has 1 aromatic carbocycles. The molecule has 1 saturated heterocycles. The van der Waals surface area contributed by atoms with Gasteiger partial charge in [-0.25, -0.2) is 8.42 Å². The van der Waals surface area contributed by atoms with Crippen molar-refractivity contribution < 1.29 is 18.0 Å². The number of benzene rings is 1. The van der Waals surface area contributed by atoms with E-state index in [9.17, 15) is 18.0 Å². The third kappa shape index (κ3) is 4.56. The largest absolute Gasteiger partial charge is 0.370 e. The topological polar surface area (TPSA) is 133 Å². The summed E-state index contributed by atoms with van der Waals surface area (Å²) in [4.78, 5) is 23.4. The van der Waals surface area contributed by atoms with Crippen molar-refractivity contribution in [3.8, 4) is 6.07 Å². The smallest absolute Gasteiger partial charge is 0.243 e. The molecule has 1 aliphatic rings. The number of sulfonamides is 1. The first-order valence-corrected chi connectivity index (χ1v) is 9.74. The highest BCUT2D eigenvalue weighted by Gasteiger charge is 2.40. The van der Waals surface area contributed by atoms with Crippen LogP contribution in [0.4, 0.5) is 0 Å². The SMILES string of the molecule is N#C[C@H](CC(N)=O)NC(=O)[C@@H]1CCCN1S(=O)(=O)c1ccc(Br)cc1.